The number of nitrogens with zero attached hydrogens (tertiary/aromatic N) is 4. The number of aromatic nitrogens is 2. The number of benzene rings is 3. The van der Waals surface area contributed by atoms with Crippen LogP contribution >= 0.6 is 10.6 Å². The lowest BCUT2D eigenvalue weighted by atomic mass is 10.00. The minimum absolute atomic E-state index is 0.0296. The lowest BCUT2D eigenvalue weighted by Crippen LogP contribution is -2.40. The van der Waals surface area contributed by atoms with E-state index in [0.29, 0.717) is 72.8 Å². The van der Waals surface area contributed by atoms with E-state index < -0.39 is 22.2 Å². The number of ether oxygens (including phenoxy) is 1. The average Bonchev–Trinajstić information content (AvgIpc) is 2.99. The van der Waals surface area contributed by atoms with Crippen LogP contribution in [0.3, 0.4) is 0 Å². The molecule has 0 spiro atoms. The molecule has 4 aromatic rings. The topological polar surface area (TPSA) is 99.0 Å². The molecule has 6 rings (SSSR count). The number of aryl methyl sites for hydroxylation is 1. The molecule has 0 atom stereocenters. The first-order valence-electron chi connectivity index (χ1n) is 13.9. The summed E-state index contributed by atoms with van der Waals surface area (Å²) in [4.78, 5) is 26.1. The maximum atomic E-state index is 15.3. The van der Waals surface area contributed by atoms with E-state index in [4.69, 9.17) is 9.72 Å². The lowest BCUT2D eigenvalue weighted by molar-refractivity contribution is 0.0302. The van der Waals surface area contributed by atoms with Crippen molar-refractivity contribution in [1.29, 1.82) is 0 Å². The molecule has 1 aromatic heterocycles. The van der Waals surface area contributed by atoms with E-state index in [9.17, 15) is 13.9 Å². The zero-order valence-corrected chi connectivity index (χ0v) is 24.0. The molecular formula is C31H32F2N4O4S. The van der Waals surface area contributed by atoms with Gasteiger partial charge in [-0.15, -0.1) is 0 Å². The minimum atomic E-state index is -2.59. The molecule has 2 N–H and O–H groups in total. The molecule has 1 amide bonds. The van der Waals surface area contributed by atoms with Crippen LogP contribution in [0, 0.1) is 18.6 Å². The van der Waals surface area contributed by atoms with Crippen LogP contribution in [0.5, 0.6) is 0 Å². The van der Waals surface area contributed by atoms with Gasteiger partial charge in [0.15, 0.2) is 0 Å². The Hall–Kier alpha value is -3.48. The van der Waals surface area contributed by atoms with E-state index in [2.05, 4.69) is 4.98 Å². The molecule has 220 valence electrons. The number of carbonyl (C=O) groups excluding carboxylic acids is 1. The van der Waals surface area contributed by atoms with Crippen LogP contribution < -0.4 is 0 Å². The van der Waals surface area contributed by atoms with Gasteiger partial charge in [0.25, 0.3) is 5.91 Å². The van der Waals surface area contributed by atoms with Crippen LogP contribution in [0.4, 0.5) is 8.78 Å². The van der Waals surface area contributed by atoms with Crippen molar-refractivity contribution in [2.75, 3.05) is 50.9 Å². The van der Waals surface area contributed by atoms with Crippen molar-refractivity contribution in [2.45, 2.75) is 13.5 Å². The highest BCUT2D eigenvalue weighted by molar-refractivity contribution is 8.24. The van der Waals surface area contributed by atoms with Gasteiger partial charge >= 0.3 is 0 Å². The van der Waals surface area contributed by atoms with E-state index in [1.54, 1.807) is 35.4 Å². The summed E-state index contributed by atoms with van der Waals surface area (Å²) in [6.45, 7) is 4.87. The van der Waals surface area contributed by atoms with Gasteiger partial charge in [-0.2, -0.15) is 10.6 Å². The maximum Gasteiger partial charge on any atom is 0.254 e. The molecule has 2 saturated heterocycles. The van der Waals surface area contributed by atoms with Crippen LogP contribution in [-0.4, -0.2) is 85.7 Å². The van der Waals surface area contributed by atoms with Gasteiger partial charge in [-0.1, -0.05) is 18.2 Å². The van der Waals surface area contributed by atoms with Crippen LogP contribution in [0.1, 0.15) is 21.5 Å². The Bertz CT molecular complexity index is 1630. The summed E-state index contributed by atoms with van der Waals surface area (Å²) in [5.74, 6) is -0.952. The minimum Gasteiger partial charge on any atom is -0.378 e. The highest BCUT2D eigenvalue weighted by atomic mass is 32.3. The number of fused-ring (bicyclic) bond motifs is 1. The summed E-state index contributed by atoms with van der Waals surface area (Å²) in [6.07, 6.45) is 1.66. The van der Waals surface area contributed by atoms with Crippen LogP contribution in [0.2, 0.25) is 0 Å². The maximum absolute atomic E-state index is 15.3. The number of morpholine rings is 1. The second-order valence-corrected chi connectivity index (χ2v) is 13.2. The van der Waals surface area contributed by atoms with Crippen molar-refractivity contribution in [3.8, 4) is 22.4 Å². The molecule has 11 heteroatoms. The number of para-hydroxylation sites is 1. The second-order valence-electron chi connectivity index (χ2n) is 10.8. The zero-order chi connectivity index (χ0) is 29.4. The molecule has 8 nitrogen and oxygen atoms in total. The van der Waals surface area contributed by atoms with E-state index in [1.807, 2.05) is 24.0 Å². The van der Waals surface area contributed by atoms with Gasteiger partial charge < -0.3 is 9.64 Å². The third-order valence-electron chi connectivity index (χ3n) is 7.93. The summed E-state index contributed by atoms with van der Waals surface area (Å²) < 4.78 is 55.6. The highest BCUT2D eigenvalue weighted by Crippen LogP contribution is 2.41. The summed E-state index contributed by atoms with van der Waals surface area (Å²) in [6, 6.07) is 13.5. The largest absolute Gasteiger partial charge is 0.378 e. The Morgan fingerprint density at radius 1 is 0.976 bits per heavy atom. The number of amides is 1. The van der Waals surface area contributed by atoms with Crippen LogP contribution in [0.15, 0.2) is 54.7 Å². The van der Waals surface area contributed by atoms with Crippen molar-refractivity contribution in [3.63, 3.8) is 0 Å². The van der Waals surface area contributed by atoms with Crippen LogP contribution in [-0.2, 0) is 11.3 Å². The molecule has 2 fully saturated rings. The fourth-order valence-corrected chi connectivity index (χ4v) is 6.77. The fourth-order valence-electron chi connectivity index (χ4n) is 5.46. The molecule has 0 unspecified atom stereocenters. The molecular weight excluding hydrogens is 562 g/mol. The first kappa shape index (κ1) is 28.6. The quantitative estimate of drug-likeness (QED) is 0.311. The normalized spacial score (nSPS) is 18.3. The van der Waals surface area contributed by atoms with Gasteiger partial charge in [0.1, 0.15) is 11.6 Å². The average molecular weight is 595 g/mol. The third-order valence-corrected chi connectivity index (χ3v) is 9.60. The Morgan fingerprint density at radius 2 is 1.69 bits per heavy atom. The Kier molecular flexibility index (Phi) is 7.95. The SMILES string of the molecule is Cc1cc(-c2cnc3cccc(-c4cc(F)c(CN5CCS(O)(O)CC5)c(F)c4)c3n2)ccc1C(=O)N1CCOCC1. The van der Waals surface area contributed by atoms with Crippen molar-refractivity contribution in [1.82, 2.24) is 19.8 Å². The molecule has 0 bridgehead atoms. The monoisotopic (exact) mass is 594 g/mol. The molecule has 3 aromatic carbocycles. The van der Waals surface area contributed by atoms with Gasteiger partial charge in [-0.3, -0.25) is 23.8 Å². The Labute approximate surface area is 244 Å². The smallest absolute Gasteiger partial charge is 0.254 e. The van der Waals surface area contributed by atoms with Gasteiger partial charge in [0.2, 0.25) is 0 Å². The van der Waals surface area contributed by atoms with E-state index >= 15 is 8.78 Å². The number of hydrogen-bond donors (Lipinski definition) is 2. The number of hydrogen-bond acceptors (Lipinski definition) is 7. The number of halogens is 2. The molecule has 0 radical (unpaired) electrons. The Morgan fingerprint density at radius 3 is 2.38 bits per heavy atom. The van der Waals surface area contributed by atoms with E-state index in [1.165, 1.54) is 12.1 Å². The van der Waals surface area contributed by atoms with Gasteiger partial charge in [-0.05, 0) is 48.4 Å². The molecule has 3 heterocycles. The van der Waals surface area contributed by atoms with Gasteiger partial charge in [-0.25, -0.2) is 13.8 Å². The molecule has 2 aliphatic rings. The summed E-state index contributed by atoms with van der Waals surface area (Å²) in [7, 11) is -2.59. The molecule has 0 saturated carbocycles. The standard InChI is InChI=1S/C31H32F2N4O4S/c1-20-15-21(5-6-23(20)31(38)37-7-11-41-12-8-37)29-18-34-28-4-2-3-24(30(28)35-29)22-16-26(32)25(27(33)17-22)19-36-9-13-42(39,40)14-10-36/h2-6,15-18,39-40H,7-14,19H2,1H3. The van der Waals surface area contributed by atoms with Crippen molar-refractivity contribution in [2.24, 2.45) is 0 Å². The molecule has 0 aliphatic carbocycles. The zero-order valence-electron chi connectivity index (χ0n) is 23.2. The number of carbonyl (C=O) groups is 1. The van der Waals surface area contributed by atoms with Crippen molar-refractivity contribution < 1.29 is 27.4 Å². The predicted molar refractivity (Wildman–Crippen MR) is 160 cm³/mol. The van der Waals surface area contributed by atoms with Gasteiger partial charge in [0, 0.05) is 55.0 Å². The highest BCUT2D eigenvalue weighted by Gasteiger charge is 2.25. The lowest BCUT2D eigenvalue weighted by Gasteiger charge is -2.41. The van der Waals surface area contributed by atoms with Gasteiger partial charge in [0.05, 0.1) is 47.6 Å². The van der Waals surface area contributed by atoms with Crippen LogP contribution in [0.25, 0.3) is 33.4 Å². The molecule has 42 heavy (non-hydrogen) atoms. The second kappa shape index (κ2) is 11.7. The van der Waals surface area contributed by atoms with E-state index in [-0.39, 0.29) is 29.5 Å². The predicted octanol–water partition coefficient (Wildman–Crippen LogP) is 5.59. The first-order valence-corrected chi connectivity index (χ1v) is 15.7. The number of rotatable bonds is 5. The van der Waals surface area contributed by atoms with Crippen molar-refractivity contribution in [3.05, 3.63) is 83.1 Å². The third kappa shape index (κ3) is 5.88. The summed E-state index contributed by atoms with van der Waals surface area (Å²) >= 11 is 0. The van der Waals surface area contributed by atoms with Crippen molar-refractivity contribution >= 4 is 27.5 Å². The van der Waals surface area contributed by atoms with E-state index in [0.717, 1.165) is 11.1 Å². The Balaban J connectivity index is 1.29. The summed E-state index contributed by atoms with van der Waals surface area (Å²) in [5.41, 5.74) is 4.74. The first-order chi connectivity index (χ1) is 20.2. The molecule has 2 aliphatic heterocycles. The fraction of sp³-hybridized carbons (Fsp3) is 0.323. The summed E-state index contributed by atoms with van der Waals surface area (Å²) in [5, 5.41) is 0.